The maximum absolute atomic E-state index is 11.7. The Kier molecular flexibility index (Phi) is 3.06. The molecule has 1 aromatic carbocycles. The van der Waals surface area contributed by atoms with E-state index in [4.69, 9.17) is 0 Å². The van der Waals surface area contributed by atoms with E-state index in [0.717, 1.165) is 16.8 Å². The largest absolute Gasteiger partial charge is 0.339 e. The van der Waals surface area contributed by atoms with Crippen LogP contribution in [0, 0.1) is 13.8 Å². The van der Waals surface area contributed by atoms with Crippen LogP contribution in [0.2, 0.25) is 0 Å². The predicted octanol–water partition coefficient (Wildman–Crippen LogP) is 1.45. The molecular weight excluding hydrogens is 230 g/mol. The third kappa shape index (κ3) is 2.07. The lowest BCUT2D eigenvalue weighted by molar-refractivity contribution is 1.01. The van der Waals surface area contributed by atoms with E-state index in [1.54, 1.807) is 11.9 Å². The molecule has 2 rings (SSSR count). The SMILES string of the molecule is Cc1cccc(N(C)c2c[nH]c(=O)[nH]c2=O)c1C. The molecule has 1 aromatic heterocycles. The minimum Gasteiger partial charge on any atom is -0.339 e. The van der Waals surface area contributed by atoms with Gasteiger partial charge in [0, 0.05) is 18.9 Å². The first kappa shape index (κ1) is 12.2. The lowest BCUT2D eigenvalue weighted by Gasteiger charge is -2.21. The van der Waals surface area contributed by atoms with E-state index in [9.17, 15) is 9.59 Å². The second-order valence-corrected chi connectivity index (χ2v) is 4.24. The number of anilines is 2. The first-order chi connectivity index (χ1) is 8.50. The smallest absolute Gasteiger partial charge is 0.325 e. The molecular formula is C13H15N3O2. The van der Waals surface area contributed by atoms with Gasteiger partial charge in [0.1, 0.15) is 5.69 Å². The number of aromatic nitrogens is 2. The van der Waals surface area contributed by atoms with Crippen LogP contribution >= 0.6 is 0 Å². The van der Waals surface area contributed by atoms with E-state index < -0.39 is 11.2 Å². The molecule has 0 amide bonds. The Bertz CT molecular complexity index is 685. The van der Waals surface area contributed by atoms with Crippen LogP contribution in [0.3, 0.4) is 0 Å². The van der Waals surface area contributed by atoms with E-state index >= 15 is 0 Å². The van der Waals surface area contributed by atoms with Gasteiger partial charge in [0.15, 0.2) is 0 Å². The topological polar surface area (TPSA) is 69.0 Å². The normalized spacial score (nSPS) is 10.4. The van der Waals surface area contributed by atoms with Crippen LogP contribution in [0.4, 0.5) is 11.4 Å². The van der Waals surface area contributed by atoms with E-state index in [1.807, 2.05) is 32.0 Å². The molecule has 0 spiro atoms. The summed E-state index contributed by atoms with van der Waals surface area (Å²) in [6, 6.07) is 5.89. The highest BCUT2D eigenvalue weighted by molar-refractivity contribution is 5.65. The summed E-state index contributed by atoms with van der Waals surface area (Å²) in [5.41, 5.74) is 2.70. The van der Waals surface area contributed by atoms with Crippen LogP contribution in [0.15, 0.2) is 34.0 Å². The van der Waals surface area contributed by atoms with Gasteiger partial charge in [-0.15, -0.1) is 0 Å². The van der Waals surface area contributed by atoms with Crippen molar-refractivity contribution in [2.24, 2.45) is 0 Å². The summed E-state index contributed by atoms with van der Waals surface area (Å²) in [4.78, 5) is 29.2. The molecule has 5 nitrogen and oxygen atoms in total. The summed E-state index contributed by atoms with van der Waals surface area (Å²) in [5.74, 6) is 0. The van der Waals surface area contributed by atoms with Crippen molar-refractivity contribution in [3.05, 3.63) is 56.4 Å². The first-order valence-corrected chi connectivity index (χ1v) is 5.62. The minimum atomic E-state index is -0.502. The zero-order chi connectivity index (χ0) is 13.3. The van der Waals surface area contributed by atoms with Crippen LogP contribution in [0.5, 0.6) is 0 Å². The highest BCUT2D eigenvalue weighted by Crippen LogP contribution is 2.25. The fourth-order valence-electron chi connectivity index (χ4n) is 1.88. The molecule has 1 heterocycles. The van der Waals surface area contributed by atoms with Crippen molar-refractivity contribution in [2.75, 3.05) is 11.9 Å². The summed E-state index contributed by atoms with van der Waals surface area (Å²) in [5, 5.41) is 0. The van der Waals surface area contributed by atoms with E-state index in [2.05, 4.69) is 9.97 Å². The van der Waals surface area contributed by atoms with Crippen molar-refractivity contribution >= 4 is 11.4 Å². The lowest BCUT2D eigenvalue weighted by Crippen LogP contribution is -2.27. The highest BCUT2D eigenvalue weighted by Gasteiger charge is 2.11. The molecule has 0 aliphatic rings. The third-order valence-corrected chi connectivity index (χ3v) is 3.10. The highest BCUT2D eigenvalue weighted by atomic mass is 16.2. The molecule has 18 heavy (non-hydrogen) atoms. The van der Waals surface area contributed by atoms with E-state index in [-0.39, 0.29) is 0 Å². The number of nitrogens with one attached hydrogen (secondary N) is 2. The first-order valence-electron chi connectivity index (χ1n) is 5.62. The second kappa shape index (κ2) is 4.52. The van der Waals surface area contributed by atoms with Gasteiger partial charge in [-0.1, -0.05) is 12.1 Å². The Hall–Kier alpha value is -2.30. The Morgan fingerprint density at radius 1 is 1.11 bits per heavy atom. The van der Waals surface area contributed by atoms with Crippen LogP contribution < -0.4 is 16.1 Å². The number of rotatable bonds is 2. The monoisotopic (exact) mass is 245 g/mol. The van der Waals surface area contributed by atoms with Crippen molar-refractivity contribution in [1.82, 2.24) is 9.97 Å². The molecule has 5 heteroatoms. The zero-order valence-electron chi connectivity index (χ0n) is 10.6. The van der Waals surface area contributed by atoms with Gasteiger partial charge in [0.05, 0.1) is 0 Å². The number of nitrogens with zero attached hydrogens (tertiary/aromatic N) is 1. The van der Waals surface area contributed by atoms with Crippen LogP contribution in [-0.2, 0) is 0 Å². The predicted molar refractivity (Wildman–Crippen MR) is 71.7 cm³/mol. The van der Waals surface area contributed by atoms with Gasteiger partial charge in [-0.25, -0.2) is 4.79 Å². The Balaban J connectivity index is 2.54. The van der Waals surface area contributed by atoms with Crippen molar-refractivity contribution in [3.63, 3.8) is 0 Å². The molecule has 2 aromatic rings. The third-order valence-electron chi connectivity index (χ3n) is 3.10. The van der Waals surface area contributed by atoms with Gasteiger partial charge >= 0.3 is 5.69 Å². The number of hydrogen-bond acceptors (Lipinski definition) is 3. The molecule has 0 aliphatic heterocycles. The summed E-state index contributed by atoms with van der Waals surface area (Å²) in [7, 11) is 1.80. The number of hydrogen-bond donors (Lipinski definition) is 2. The maximum atomic E-state index is 11.7. The fourth-order valence-corrected chi connectivity index (χ4v) is 1.88. The van der Waals surface area contributed by atoms with Crippen molar-refractivity contribution in [3.8, 4) is 0 Å². The summed E-state index contributed by atoms with van der Waals surface area (Å²) < 4.78 is 0. The van der Waals surface area contributed by atoms with Gasteiger partial charge in [0.2, 0.25) is 0 Å². The molecule has 94 valence electrons. The number of benzene rings is 1. The average Bonchev–Trinajstić information content (AvgIpc) is 2.32. The molecule has 0 unspecified atom stereocenters. The summed E-state index contributed by atoms with van der Waals surface area (Å²) >= 11 is 0. The number of aromatic amines is 2. The van der Waals surface area contributed by atoms with Crippen molar-refractivity contribution in [1.29, 1.82) is 0 Å². The van der Waals surface area contributed by atoms with Crippen molar-refractivity contribution < 1.29 is 0 Å². The molecule has 0 radical (unpaired) electrons. The summed E-state index contributed by atoms with van der Waals surface area (Å²) in [6.07, 6.45) is 1.42. The van der Waals surface area contributed by atoms with Gasteiger partial charge in [-0.2, -0.15) is 0 Å². The fraction of sp³-hybridized carbons (Fsp3) is 0.231. The molecule has 0 bridgehead atoms. The van der Waals surface area contributed by atoms with E-state index in [0.29, 0.717) is 5.69 Å². The van der Waals surface area contributed by atoms with Gasteiger partial charge in [-0.3, -0.25) is 9.78 Å². The Morgan fingerprint density at radius 2 is 1.83 bits per heavy atom. The minimum absolute atomic E-state index is 0.401. The molecule has 0 atom stereocenters. The quantitative estimate of drug-likeness (QED) is 0.841. The number of H-pyrrole nitrogens is 2. The Morgan fingerprint density at radius 3 is 2.50 bits per heavy atom. The molecule has 0 fully saturated rings. The molecule has 2 N–H and O–H groups in total. The molecule has 0 aliphatic carbocycles. The van der Waals surface area contributed by atoms with Gasteiger partial charge in [0.25, 0.3) is 5.56 Å². The van der Waals surface area contributed by atoms with Gasteiger partial charge in [-0.05, 0) is 31.0 Å². The molecule has 0 saturated carbocycles. The molecule has 0 saturated heterocycles. The van der Waals surface area contributed by atoms with Crippen LogP contribution in [0.25, 0.3) is 0 Å². The van der Waals surface area contributed by atoms with Gasteiger partial charge < -0.3 is 9.88 Å². The lowest BCUT2D eigenvalue weighted by atomic mass is 10.1. The van der Waals surface area contributed by atoms with Crippen LogP contribution in [-0.4, -0.2) is 17.0 Å². The second-order valence-electron chi connectivity index (χ2n) is 4.24. The average molecular weight is 245 g/mol. The van der Waals surface area contributed by atoms with Crippen LogP contribution in [0.1, 0.15) is 11.1 Å². The van der Waals surface area contributed by atoms with E-state index in [1.165, 1.54) is 6.20 Å². The maximum Gasteiger partial charge on any atom is 0.325 e. The zero-order valence-corrected chi connectivity index (χ0v) is 10.6. The standard InChI is InChI=1S/C13H15N3O2/c1-8-5-4-6-10(9(8)2)16(3)11-7-14-13(18)15-12(11)17/h4-7H,1-3H3,(H2,14,15,17,18). The van der Waals surface area contributed by atoms with Crippen molar-refractivity contribution in [2.45, 2.75) is 13.8 Å². The Labute approximate surface area is 104 Å². The number of aryl methyl sites for hydroxylation is 1. The summed E-state index contributed by atoms with van der Waals surface area (Å²) in [6.45, 7) is 4.02.